The fourth-order valence-corrected chi connectivity index (χ4v) is 2.59. The molecule has 0 saturated heterocycles. The molecule has 1 aliphatic carbocycles. The molecule has 0 amide bonds. The Morgan fingerprint density at radius 2 is 1.95 bits per heavy atom. The van der Waals surface area contributed by atoms with Gasteiger partial charge in [-0.15, -0.1) is 0 Å². The first-order chi connectivity index (χ1) is 8.77. The summed E-state index contributed by atoms with van der Waals surface area (Å²) in [5, 5.41) is 9.76. The van der Waals surface area contributed by atoms with E-state index in [9.17, 15) is 18.7 Å². The van der Waals surface area contributed by atoms with Gasteiger partial charge in [0.15, 0.2) is 0 Å². The molecule has 1 aromatic rings. The highest BCUT2D eigenvalue weighted by atomic mass is 35.5. The molecule has 0 unspecified atom stereocenters. The number of hydrogen-bond acceptors (Lipinski definition) is 2. The van der Waals surface area contributed by atoms with Crippen LogP contribution in [0.25, 0.3) is 0 Å². The van der Waals surface area contributed by atoms with E-state index in [0.717, 1.165) is 0 Å². The van der Waals surface area contributed by atoms with Crippen molar-refractivity contribution < 1.29 is 18.7 Å². The van der Waals surface area contributed by atoms with Crippen LogP contribution >= 0.6 is 11.6 Å². The largest absolute Gasteiger partial charge is 0.481 e. The molecule has 1 aromatic heterocycles. The molecule has 6 heteroatoms. The van der Waals surface area contributed by atoms with E-state index in [1.54, 1.807) is 13.0 Å². The van der Waals surface area contributed by atoms with E-state index < -0.39 is 30.1 Å². The molecule has 1 heterocycles. The maximum Gasteiger partial charge on any atom is 0.314 e. The summed E-state index contributed by atoms with van der Waals surface area (Å²) in [4.78, 5) is 15.5. The molecule has 0 atom stereocenters. The predicted octanol–water partition coefficient (Wildman–Crippen LogP) is 3.58. The summed E-state index contributed by atoms with van der Waals surface area (Å²) in [7, 11) is 0. The second-order valence-corrected chi connectivity index (χ2v) is 5.43. The number of halogens is 3. The van der Waals surface area contributed by atoms with Gasteiger partial charge in [-0.25, -0.2) is 13.8 Å². The zero-order valence-electron chi connectivity index (χ0n) is 10.4. The minimum atomic E-state index is -2.77. The molecule has 1 N–H and O–H groups in total. The summed E-state index contributed by atoms with van der Waals surface area (Å²) >= 11 is 5.81. The van der Waals surface area contributed by atoms with Crippen LogP contribution in [-0.4, -0.2) is 22.0 Å². The third-order valence-corrected chi connectivity index (χ3v) is 4.21. The number of carboxylic acid groups (broad SMARTS) is 1. The van der Waals surface area contributed by atoms with E-state index in [-0.39, 0.29) is 12.8 Å². The van der Waals surface area contributed by atoms with Crippen molar-refractivity contribution in [2.45, 2.75) is 43.9 Å². The average molecular weight is 290 g/mol. The zero-order valence-corrected chi connectivity index (χ0v) is 11.2. The number of pyridine rings is 1. The Bertz CT molecular complexity index is 509. The number of hydrogen-bond donors (Lipinski definition) is 1. The van der Waals surface area contributed by atoms with Crippen LogP contribution in [0.5, 0.6) is 0 Å². The molecule has 0 aliphatic heterocycles. The lowest BCUT2D eigenvalue weighted by molar-refractivity contribution is -0.149. The lowest BCUT2D eigenvalue weighted by atomic mass is 9.68. The first kappa shape index (κ1) is 14.2. The predicted molar refractivity (Wildman–Crippen MR) is 66.7 cm³/mol. The van der Waals surface area contributed by atoms with Gasteiger partial charge in [-0.3, -0.25) is 4.79 Å². The third kappa shape index (κ3) is 2.56. The first-order valence-corrected chi connectivity index (χ1v) is 6.38. The fraction of sp³-hybridized carbons (Fsp3) is 0.538. The monoisotopic (exact) mass is 289 g/mol. The van der Waals surface area contributed by atoms with Gasteiger partial charge in [0.05, 0.1) is 5.41 Å². The highest BCUT2D eigenvalue weighted by molar-refractivity contribution is 6.30. The Balaban J connectivity index is 2.41. The lowest BCUT2D eigenvalue weighted by Gasteiger charge is -2.37. The van der Waals surface area contributed by atoms with Crippen molar-refractivity contribution >= 4 is 17.6 Å². The molecule has 1 saturated carbocycles. The van der Waals surface area contributed by atoms with Gasteiger partial charge in [0.1, 0.15) is 5.15 Å². The number of rotatable bonds is 2. The van der Waals surface area contributed by atoms with Crippen molar-refractivity contribution in [1.29, 1.82) is 0 Å². The number of aromatic nitrogens is 1. The van der Waals surface area contributed by atoms with Gasteiger partial charge in [-0.05, 0) is 30.9 Å². The minimum Gasteiger partial charge on any atom is -0.481 e. The molecule has 19 heavy (non-hydrogen) atoms. The Morgan fingerprint density at radius 1 is 1.37 bits per heavy atom. The summed E-state index contributed by atoms with van der Waals surface area (Å²) in [6.45, 7) is 1.71. The Hall–Kier alpha value is -1.23. The maximum absolute atomic E-state index is 13.2. The Kier molecular flexibility index (Phi) is 3.51. The van der Waals surface area contributed by atoms with Gasteiger partial charge in [0, 0.05) is 19.0 Å². The van der Waals surface area contributed by atoms with Crippen molar-refractivity contribution in [1.82, 2.24) is 4.98 Å². The van der Waals surface area contributed by atoms with Gasteiger partial charge in [-0.1, -0.05) is 17.7 Å². The number of aliphatic carboxylic acids is 1. The number of carbonyl (C=O) groups is 1. The number of alkyl halides is 2. The van der Waals surface area contributed by atoms with Gasteiger partial charge in [-0.2, -0.15) is 0 Å². The van der Waals surface area contributed by atoms with Crippen LogP contribution < -0.4 is 0 Å². The summed E-state index contributed by atoms with van der Waals surface area (Å²) in [6.07, 6.45) is 0.380. The molecule has 0 radical (unpaired) electrons. The molecule has 2 rings (SSSR count). The second kappa shape index (κ2) is 4.71. The molecule has 0 aromatic carbocycles. The van der Waals surface area contributed by atoms with Crippen molar-refractivity contribution in [3.8, 4) is 0 Å². The van der Waals surface area contributed by atoms with Crippen LogP contribution in [0.2, 0.25) is 5.15 Å². The molecule has 0 bridgehead atoms. The van der Waals surface area contributed by atoms with Gasteiger partial charge < -0.3 is 5.11 Å². The molecule has 1 aliphatic rings. The zero-order chi connectivity index (χ0) is 14.3. The number of carboxylic acids is 1. The van der Waals surface area contributed by atoms with E-state index in [1.165, 1.54) is 6.20 Å². The standard InChI is InChI=1S/C13H14ClF2NO2/c1-8-6-9(7-17-10(8)14)12(11(18)19)2-4-13(15,16)5-3-12/h6-7H,2-5H2,1H3,(H,18,19). The molecule has 0 spiro atoms. The van der Waals surface area contributed by atoms with Crippen LogP contribution in [0.3, 0.4) is 0 Å². The van der Waals surface area contributed by atoms with Crippen LogP contribution in [-0.2, 0) is 10.2 Å². The normalized spacial score (nSPS) is 21.1. The van der Waals surface area contributed by atoms with Crippen molar-refractivity contribution in [2.75, 3.05) is 0 Å². The molecule has 104 valence electrons. The number of nitrogens with zero attached hydrogens (tertiary/aromatic N) is 1. The van der Waals surface area contributed by atoms with Crippen molar-refractivity contribution in [2.24, 2.45) is 0 Å². The third-order valence-electron chi connectivity index (χ3n) is 3.81. The highest BCUT2D eigenvalue weighted by Gasteiger charge is 2.49. The van der Waals surface area contributed by atoms with Crippen molar-refractivity contribution in [3.63, 3.8) is 0 Å². The molecular weight excluding hydrogens is 276 g/mol. The van der Waals surface area contributed by atoms with E-state index in [1.807, 2.05) is 0 Å². The molecular formula is C13H14ClF2NO2. The topological polar surface area (TPSA) is 50.2 Å². The smallest absolute Gasteiger partial charge is 0.314 e. The molecule has 1 fully saturated rings. The fourth-order valence-electron chi connectivity index (χ4n) is 2.49. The van der Waals surface area contributed by atoms with Gasteiger partial charge in [0.25, 0.3) is 0 Å². The van der Waals surface area contributed by atoms with Gasteiger partial charge in [0.2, 0.25) is 5.92 Å². The summed E-state index contributed by atoms with van der Waals surface area (Å²) < 4.78 is 26.5. The average Bonchev–Trinajstić information content (AvgIpc) is 2.33. The SMILES string of the molecule is Cc1cc(C2(C(=O)O)CCC(F)(F)CC2)cnc1Cl. The highest BCUT2D eigenvalue weighted by Crippen LogP contribution is 2.45. The molecule has 3 nitrogen and oxygen atoms in total. The van der Waals surface area contributed by atoms with Crippen LogP contribution in [0.4, 0.5) is 8.78 Å². The van der Waals surface area contributed by atoms with E-state index in [0.29, 0.717) is 16.3 Å². The Morgan fingerprint density at radius 3 is 2.42 bits per heavy atom. The van der Waals surface area contributed by atoms with Crippen LogP contribution in [0.15, 0.2) is 12.3 Å². The Labute approximate surface area is 114 Å². The quantitative estimate of drug-likeness (QED) is 0.847. The van der Waals surface area contributed by atoms with Crippen molar-refractivity contribution in [3.05, 3.63) is 28.5 Å². The summed E-state index contributed by atoms with van der Waals surface area (Å²) in [5.74, 6) is -3.85. The van der Waals surface area contributed by atoms with E-state index >= 15 is 0 Å². The maximum atomic E-state index is 13.2. The van der Waals surface area contributed by atoms with Crippen LogP contribution in [0.1, 0.15) is 36.8 Å². The number of aryl methyl sites for hydroxylation is 1. The summed E-state index contributed by atoms with van der Waals surface area (Å²) in [5.41, 5.74) is -0.168. The minimum absolute atomic E-state index is 0.0852. The first-order valence-electron chi connectivity index (χ1n) is 6.01. The van der Waals surface area contributed by atoms with Crippen LogP contribution in [0, 0.1) is 6.92 Å². The van der Waals surface area contributed by atoms with E-state index in [2.05, 4.69) is 4.98 Å². The second-order valence-electron chi connectivity index (χ2n) is 5.07. The van der Waals surface area contributed by atoms with Gasteiger partial charge >= 0.3 is 5.97 Å². The summed E-state index contributed by atoms with van der Waals surface area (Å²) in [6, 6.07) is 1.63. The lowest BCUT2D eigenvalue weighted by Crippen LogP contribution is -2.42. The van der Waals surface area contributed by atoms with E-state index in [4.69, 9.17) is 11.6 Å².